The molecule has 0 radical (unpaired) electrons. The number of aryl methyl sites for hydroxylation is 2. The van der Waals surface area contributed by atoms with Crippen molar-refractivity contribution in [2.45, 2.75) is 44.6 Å². The summed E-state index contributed by atoms with van der Waals surface area (Å²) in [5, 5.41) is 2.90. The predicted molar refractivity (Wildman–Crippen MR) is 115 cm³/mol. The number of carbonyl (C=O) groups is 1. The third-order valence-corrected chi connectivity index (χ3v) is 6.71. The molecule has 2 aromatic rings. The molecular formula is C22H30N2O4S. The van der Waals surface area contributed by atoms with Crippen molar-refractivity contribution in [3.8, 4) is 5.75 Å². The van der Waals surface area contributed by atoms with Crippen molar-refractivity contribution in [3.05, 3.63) is 59.7 Å². The Kier molecular flexibility index (Phi) is 8.22. The largest absolute Gasteiger partial charge is 0.496 e. The van der Waals surface area contributed by atoms with Gasteiger partial charge in [-0.15, -0.1) is 0 Å². The van der Waals surface area contributed by atoms with E-state index in [2.05, 4.69) is 17.4 Å². The quantitative estimate of drug-likeness (QED) is 0.643. The molecule has 29 heavy (non-hydrogen) atoms. The second kappa shape index (κ2) is 10.4. The summed E-state index contributed by atoms with van der Waals surface area (Å²) >= 11 is 0. The van der Waals surface area contributed by atoms with Gasteiger partial charge in [-0.25, -0.2) is 8.42 Å². The fourth-order valence-electron chi connectivity index (χ4n) is 3.11. The first-order valence-corrected chi connectivity index (χ1v) is 11.2. The highest BCUT2D eigenvalue weighted by Gasteiger charge is 2.26. The van der Waals surface area contributed by atoms with E-state index in [1.807, 2.05) is 25.1 Å². The van der Waals surface area contributed by atoms with Crippen LogP contribution in [0.5, 0.6) is 5.75 Å². The highest BCUT2D eigenvalue weighted by atomic mass is 32.2. The van der Waals surface area contributed by atoms with Gasteiger partial charge in [-0.3, -0.25) is 4.79 Å². The molecule has 0 aliphatic carbocycles. The summed E-state index contributed by atoms with van der Waals surface area (Å²) < 4.78 is 32.3. The lowest BCUT2D eigenvalue weighted by Gasteiger charge is -2.22. The van der Waals surface area contributed by atoms with Gasteiger partial charge < -0.3 is 10.1 Å². The molecule has 0 saturated heterocycles. The van der Waals surface area contributed by atoms with Crippen molar-refractivity contribution in [2.75, 3.05) is 20.2 Å². The molecule has 6 nitrogen and oxygen atoms in total. The summed E-state index contributed by atoms with van der Waals surface area (Å²) in [4.78, 5) is 12.6. The Bertz CT molecular complexity index is 914. The molecule has 0 bridgehead atoms. The van der Waals surface area contributed by atoms with Crippen molar-refractivity contribution in [2.24, 2.45) is 0 Å². The number of likely N-dealkylation sites (N-methyl/N-ethyl adjacent to an activating group) is 1. The predicted octanol–water partition coefficient (Wildman–Crippen LogP) is 3.15. The molecule has 1 amide bonds. The highest BCUT2D eigenvalue weighted by Crippen LogP contribution is 2.23. The molecule has 0 aliphatic heterocycles. The first-order valence-electron chi connectivity index (χ1n) is 9.76. The van der Waals surface area contributed by atoms with Gasteiger partial charge in [0.2, 0.25) is 15.9 Å². The number of sulfonamides is 1. The standard InChI is InChI=1S/C22H30N2O4S/c1-5-24(29(26,27)20-13-14-21(28-4)17(2)15-20)16-22(25)23-18(3)11-12-19-9-7-6-8-10-19/h6-10,13-15,18H,5,11-12,16H2,1-4H3,(H,23,25)/t18-/m1/s1. The Morgan fingerprint density at radius 3 is 2.45 bits per heavy atom. The van der Waals surface area contributed by atoms with Crippen LogP contribution < -0.4 is 10.1 Å². The van der Waals surface area contributed by atoms with Crippen molar-refractivity contribution in [1.82, 2.24) is 9.62 Å². The second-order valence-corrected chi connectivity index (χ2v) is 8.99. The van der Waals surface area contributed by atoms with E-state index in [0.29, 0.717) is 5.75 Å². The van der Waals surface area contributed by atoms with Crippen LogP contribution in [0.4, 0.5) is 0 Å². The summed E-state index contributed by atoms with van der Waals surface area (Å²) in [6, 6.07) is 14.7. The van der Waals surface area contributed by atoms with Gasteiger partial charge >= 0.3 is 0 Å². The van der Waals surface area contributed by atoms with E-state index in [4.69, 9.17) is 4.74 Å². The first-order chi connectivity index (χ1) is 13.8. The van der Waals surface area contributed by atoms with Crippen LogP contribution in [0.15, 0.2) is 53.4 Å². The van der Waals surface area contributed by atoms with E-state index in [-0.39, 0.29) is 29.9 Å². The molecule has 0 aromatic heterocycles. The SMILES string of the molecule is CCN(CC(=O)N[C@H](C)CCc1ccccc1)S(=O)(=O)c1ccc(OC)c(C)c1. The normalized spacial score (nSPS) is 12.6. The van der Waals surface area contributed by atoms with E-state index in [1.165, 1.54) is 23.0 Å². The smallest absolute Gasteiger partial charge is 0.243 e. The Morgan fingerprint density at radius 1 is 1.17 bits per heavy atom. The first kappa shape index (κ1) is 22.9. The van der Waals surface area contributed by atoms with Gasteiger partial charge in [0.15, 0.2) is 0 Å². The number of amides is 1. The number of hydrogen-bond acceptors (Lipinski definition) is 4. The monoisotopic (exact) mass is 418 g/mol. The van der Waals surface area contributed by atoms with Crippen LogP contribution in [-0.4, -0.2) is 44.9 Å². The Morgan fingerprint density at radius 2 is 1.86 bits per heavy atom. The topological polar surface area (TPSA) is 75.7 Å². The van der Waals surface area contributed by atoms with E-state index in [9.17, 15) is 13.2 Å². The maximum atomic E-state index is 13.0. The average molecular weight is 419 g/mol. The zero-order valence-electron chi connectivity index (χ0n) is 17.5. The molecule has 0 saturated carbocycles. The molecule has 7 heteroatoms. The number of carbonyl (C=O) groups excluding carboxylic acids is 1. The number of nitrogens with zero attached hydrogens (tertiary/aromatic N) is 1. The molecule has 0 heterocycles. The number of hydrogen-bond donors (Lipinski definition) is 1. The number of methoxy groups -OCH3 is 1. The summed E-state index contributed by atoms with van der Waals surface area (Å²) in [5.74, 6) is 0.318. The van der Waals surface area contributed by atoms with Gasteiger partial charge in [-0.2, -0.15) is 4.31 Å². The molecule has 0 spiro atoms. The number of rotatable bonds is 10. The van der Waals surface area contributed by atoms with Gasteiger partial charge in [-0.05, 0) is 56.0 Å². The zero-order valence-corrected chi connectivity index (χ0v) is 18.3. The number of ether oxygens (including phenoxy) is 1. The minimum Gasteiger partial charge on any atom is -0.496 e. The van der Waals surface area contributed by atoms with E-state index < -0.39 is 10.0 Å². The third kappa shape index (κ3) is 6.30. The second-order valence-electron chi connectivity index (χ2n) is 7.06. The summed E-state index contributed by atoms with van der Waals surface area (Å²) in [6.45, 7) is 5.44. The highest BCUT2D eigenvalue weighted by molar-refractivity contribution is 7.89. The summed E-state index contributed by atoms with van der Waals surface area (Å²) in [6.07, 6.45) is 1.63. The summed E-state index contributed by atoms with van der Waals surface area (Å²) in [5.41, 5.74) is 1.94. The number of nitrogens with one attached hydrogen (secondary N) is 1. The van der Waals surface area contributed by atoms with Gasteiger partial charge in [0.1, 0.15) is 5.75 Å². The van der Waals surface area contributed by atoms with Gasteiger partial charge in [0, 0.05) is 12.6 Å². The molecule has 1 atom stereocenters. The fraction of sp³-hybridized carbons (Fsp3) is 0.409. The van der Waals surface area contributed by atoms with Crippen LogP contribution in [0.25, 0.3) is 0 Å². The van der Waals surface area contributed by atoms with Crippen molar-refractivity contribution >= 4 is 15.9 Å². The molecule has 158 valence electrons. The summed E-state index contributed by atoms with van der Waals surface area (Å²) in [7, 11) is -2.23. The molecule has 1 N–H and O–H groups in total. The van der Waals surface area contributed by atoms with E-state index >= 15 is 0 Å². The van der Waals surface area contributed by atoms with Crippen LogP contribution in [0.1, 0.15) is 31.4 Å². The molecule has 0 aliphatic rings. The van der Waals surface area contributed by atoms with Crippen molar-refractivity contribution in [3.63, 3.8) is 0 Å². The zero-order chi connectivity index (χ0) is 21.4. The Balaban J connectivity index is 1.98. The van der Waals surface area contributed by atoms with Gasteiger partial charge in [0.05, 0.1) is 18.6 Å². The van der Waals surface area contributed by atoms with Crippen LogP contribution in [0, 0.1) is 6.92 Å². The van der Waals surface area contributed by atoms with Crippen LogP contribution in [-0.2, 0) is 21.2 Å². The lowest BCUT2D eigenvalue weighted by molar-refractivity contribution is -0.121. The lowest BCUT2D eigenvalue weighted by atomic mass is 10.1. The molecule has 2 rings (SSSR count). The van der Waals surface area contributed by atoms with Crippen molar-refractivity contribution in [1.29, 1.82) is 0 Å². The maximum Gasteiger partial charge on any atom is 0.243 e. The molecule has 0 unspecified atom stereocenters. The van der Waals surface area contributed by atoms with Crippen molar-refractivity contribution < 1.29 is 17.9 Å². The average Bonchev–Trinajstić information content (AvgIpc) is 2.71. The third-order valence-electron chi connectivity index (χ3n) is 4.79. The Hall–Kier alpha value is -2.38. The van der Waals surface area contributed by atoms with Crippen LogP contribution in [0.2, 0.25) is 0 Å². The minimum atomic E-state index is -3.77. The van der Waals surface area contributed by atoms with Gasteiger partial charge in [0.25, 0.3) is 0 Å². The Labute approximate surface area is 173 Å². The maximum absolute atomic E-state index is 13.0. The molecular weight excluding hydrogens is 388 g/mol. The van der Waals surface area contributed by atoms with Gasteiger partial charge in [-0.1, -0.05) is 37.3 Å². The minimum absolute atomic E-state index is 0.0488. The van der Waals surface area contributed by atoms with E-state index in [0.717, 1.165) is 18.4 Å². The van der Waals surface area contributed by atoms with Crippen LogP contribution in [0.3, 0.4) is 0 Å². The van der Waals surface area contributed by atoms with E-state index in [1.54, 1.807) is 26.0 Å². The fourth-order valence-corrected chi connectivity index (χ4v) is 4.60. The lowest BCUT2D eigenvalue weighted by Crippen LogP contribution is -2.43. The number of benzene rings is 2. The van der Waals surface area contributed by atoms with Crippen LogP contribution >= 0.6 is 0 Å². The molecule has 2 aromatic carbocycles. The molecule has 0 fully saturated rings.